The molecule has 0 radical (unpaired) electrons. The van der Waals surface area contributed by atoms with Gasteiger partial charge in [0, 0.05) is 0 Å². The summed E-state index contributed by atoms with van der Waals surface area (Å²) in [5, 5.41) is 9.42. The van der Waals surface area contributed by atoms with Crippen LogP contribution in [-0.4, -0.2) is 23.2 Å². The first-order chi connectivity index (χ1) is 10.1. The quantitative estimate of drug-likeness (QED) is 0.824. The molecule has 0 spiro atoms. The zero-order chi connectivity index (χ0) is 15.2. The molecule has 0 saturated heterocycles. The number of esters is 1. The molecule has 21 heavy (non-hydrogen) atoms. The van der Waals surface area contributed by atoms with E-state index in [0.717, 1.165) is 11.1 Å². The third-order valence-corrected chi connectivity index (χ3v) is 3.23. The summed E-state index contributed by atoms with van der Waals surface area (Å²) in [7, 11) is 0. The van der Waals surface area contributed by atoms with E-state index in [-0.39, 0.29) is 0 Å². The molecule has 0 fully saturated rings. The van der Waals surface area contributed by atoms with E-state index >= 15 is 0 Å². The van der Waals surface area contributed by atoms with Crippen LogP contribution in [0.25, 0.3) is 0 Å². The van der Waals surface area contributed by atoms with E-state index in [1.54, 1.807) is 0 Å². The predicted molar refractivity (Wildman–Crippen MR) is 80.5 cm³/mol. The van der Waals surface area contributed by atoms with E-state index in [1.807, 2.05) is 60.7 Å². The molecule has 4 nitrogen and oxygen atoms in total. The summed E-state index contributed by atoms with van der Waals surface area (Å²) in [6.07, 6.45) is -1.49. The Kier molecular flexibility index (Phi) is 5.09. The second-order valence-electron chi connectivity index (χ2n) is 4.90. The van der Waals surface area contributed by atoms with Crippen molar-refractivity contribution in [1.29, 1.82) is 0 Å². The Morgan fingerprint density at radius 3 is 1.81 bits per heavy atom. The first-order valence-corrected chi connectivity index (χ1v) is 6.83. The standard InChI is InChI=1S/C17H19NO3/c1-12(19)15(18)17(20)21-16(13-8-4-2-5-9-13)14-10-6-3-7-11-14/h2-12,15-16,19H,18H2,1H3/t12-,15-/m0/s1. The highest BCUT2D eigenvalue weighted by Gasteiger charge is 2.25. The van der Waals surface area contributed by atoms with Gasteiger partial charge in [0.25, 0.3) is 0 Å². The fraction of sp³-hybridized carbons (Fsp3) is 0.235. The average Bonchev–Trinajstić information content (AvgIpc) is 2.53. The molecule has 0 aliphatic heterocycles. The van der Waals surface area contributed by atoms with Crippen molar-refractivity contribution in [1.82, 2.24) is 0 Å². The van der Waals surface area contributed by atoms with Crippen molar-refractivity contribution in [3.05, 3.63) is 71.8 Å². The van der Waals surface area contributed by atoms with E-state index in [9.17, 15) is 9.90 Å². The van der Waals surface area contributed by atoms with E-state index < -0.39 is 24.2 Å². The lowest BCUT2D eigenvalue weighted by Gasteiger charge is -2.22. The molecule has 2 aromatic carbocycles. The van der Waals surface area contributed by atoms with Crippen LogP contribution in [0.1, 0.15) is 24.2 Å². The van der Waals surface area contributed by atoms with Crippen LogP contribution >= 0.6 is 0 Å². The third kappa shape index (κ3) is 3.90. The number of carbonyl (C=O) groups is 1. The van der Waals surface area contributed by atoms with Gasteiger partial charge in [0.2, 0.25) is 0 Å². The van der Waals surface area contributed by atoms with Gasteiger partial charge in [-0.3, -0.25) is 4.79 Å². The van der Waals surface area contributed by atoms with Crippen LogP contribution in [0.5, 0.6) is 0 Å². The highest BCUT2D eigenvalue weighted by Crippen LogP contribution is 2.26. The fourth-order valence-electron chi connectivity index (χ4n) is 1.98. The Hall–Kier alpha value is -2.17. The molecule has 0 bridgehead atoms. The number of hydrogen-bond donors (Lipinski definition) is 2. The number of nitrogens with two attached hydrogens (primary N) is 1. The van der Waals surface area contributed by atoms with Gasteiger partial charge in [0.15, 0.2) is 6.10 Å². The predicted octanol–water partition coefficient (Wildman–Crippen LogP) is 2.03. The molecule has 0 aliphatic carbocycles. The monoisotopic (exact) mass is 285 g/mol. The maximum absolute atomic E-state index is 12.0. The first kappa shape index (κ1) is 15.2. The van der Waals surface area contributed by atoms with Gasteiger partial charge >= 0.3 is 5.97 Å². The normalized spacial score (nSPS) is 13.7. The summed E-state index contributed by atoms with van der Waals surface area (Å²) < 4.78 is 5.52. The molecular weight excluding hydrogens is 266 g/mol. The van der Waals surface area contributed by atoms with Gasteiger partial charge in [0.05, 0.1) is 6.10 Å². The van der Waals surface area contributed by atoms with Crippen molar-refractivity contribution < 1.29 is 14.6 Å². The highest BCUT2D eigenvalue weighted by molar-refractivity contribution is 5.76. The zero-order valence-corrected chi connectivity index (χ0v) is 11.8. The van der Waals surface area contributed by atoms with Crippen LogP contribution in [0.15, 0.2) is 60.7 Å². The average molecular weight is 285 g/mol. The first-order valence-electron chi connectivity index (χ1n) is 6.83. The molecule has 0 heterocycles. The van der Waals surface area contributed by atoms with Crippen LogP contribution in [0.3, 0.4) is 0 Å². The second-order valence-corrected chi connectivity index (χ2v) is 4.90. The number of aliphatic hydroxyl groups is 1. The molecule has 0 amide bonds. The highest BCUT2D eigenvalue weighted by atomic mass is 16.5. The molecule has 3 N–H and O–H groups in total. The summed E-state index contributed by atoms with van der Waals surface area (Å²) in [6, 6.07) is 17.8. The number of ether oxygens (including phenoxy) is 1. The molecule has 110 valence electrons. The van der Waals surface area contributed by atoms with Gasteiger partial charge in [-0.25, -0.2) is 0 Å². The summed E-state index contributed by atoms with van der Waals surface area (Å²) in [5.41, 5.74) is 7.35. The van der Waals surface area contributed by atoms with Crippen molar-refractivity contribution in [2.24, 2.45) is 5.73 Å². The largest absolute Gasteiger partial charge is 0.451 e. The maximum Gasteiger partial charge on any atom is 0.326 e. The minimum absolute atomic E-state index is 0.537. The minimum atomic E-state index is -1.06. The van der Waals surface area contributed by atoms with Gasteiger partial charge in [-0.05, 0) is 18.1 Å². The van der Waals surface area contributed by atoms with Gasteiger partial charge in [0.1, 0.15) is 6.04 Å². The van der Waals surface area contributed by atoms with Crippen LogP contribution in [0.2, 0.25) is 0 Å². The van der Waals surface area contributed by atoms with E-state index in [0.29, 0.717) is 0 Å². The Morgan fingerprint density at radius 1 is 1.00 bits per heavy atom. The summed E-state index contributed by atoms with van der Waals surface area (Å²) in [4.78, 5) is 12.0. The molecule has 0 aromatic heterocycles. The summed E-state index contributed by atoms with van der Waals surface area (Å²) >= 11 is 0. The van der Waals surface area contributed by atoms with Crippen molar-refractivity contribution in [3.63, 3.8) is 0 Å². The van der Waals surface area contributed by atoms with Crippen LogP contribution in [0, 0.1) is 0 Å². The number of aliphatic hydroxyl groups excluding tert-OH is 1. The van der Waals surface area contributed by atoms with Crippen molar-refractivity contribution in [2.75, 3.05) is 0 Å². The third-order valence-electron chi connectivity index (χ3n) is 3.23. The molecule has 0 unspecified atom stereocenters. The SMILES string of the molecule is C[C@H](O)[C@H](N)C(=O)OC(c1ccccc1)c1ccccc1. The Morgan fingerprint density at radius 2 is 1.43 bits per heavy atom. The van der Waals surface area contributed by atoms with Gasteiger partial charge in [-0.15, -0.1) is 0 Å². The second kappa shape index (κ2) is 7.02. The lowest BCUT2D eigenvalue weighted by atomic mass is 10.0. The number of carbonyl (C=O) groups excluding carboxylic acids is 1. The molecular formula is C17H19NO3. The molecule has 2 aromatic rings. The molecule has 2 atom stereocenters. The fourth-order valence-corrected chi connectivity index (χ4v) is 1.98. The number of benzene rings is 2. The Balaban J connectivity index is 2.28. The number of rotatable bonds is 5. The number of hydrogen-bond acceptors (Lipinski definition) is 4. The maximum atomic E-state index is 12.0. The molecule has 0 saturated carbocycles. The molecule has 0 aliphatic rings. The summed E-state index contributed by atoms with van der Waals surface area (Å²) in [5.74, 6) is -0.622. The van der Waals surface area contributed by atoms with E-state index in [4.69, 9.17) is 10.5 Å². The Bertz CT molecular complexity index is 530. The van der Waals surface area contributed by atoms with Crippen LogP contribution in [0.4, 0.5) is 0 Å². The Labute approximate surface area is 124 Å². The van der Waals surface area contributed by atoms with Crippen molar-refractivity contribution >= 4 is 5.97 Å². The smallest absolute Gasteiger partial charge is 0.326 e. The lowest BCUT2D eigenvalue weighted by Crippen LogP contribution is -2.42. The van der Waals surface area contributed by atoms with E-state index in [1.165, 1.54) is 6.92 Å². The van der Waals surface area contributed by atoms with E-state index in [2.05, 4.69) is 0 Å². The molecule has 2 rings (SSSR count). The lowest BCUT2D eigenvalue weighted by molar-refractivity contribution is -0.151. The zero-order valence-electron chi connectivity index (χ0n) is 11.8. The summed E-state index contributed by atoms with van der Waals surface area (Å²) in [6.45, 7) is 1.46. The van der Waals surface area contributed by atoms with Gasteiger partial charge in [-0.1, -0.05) is 60.7 Å². The van der Waals surface area contributed by atoms with Crippen LogP contribution < -0.4 is 5.73 Å². The van der Waals surface area contributed by atoms with Crippen molar-refractivity contribution in [3.8, 4) is 0 Å². The van der Waals surface area contributed by atoms with Gasteiger partial charge in [-0.2, -0.15) is 0 Å². The topological polar surface area (TPSA) is 72.5 Å². The van der Waals surface area contributed by atoms with Crippen molar-refractivity contribution in [2.45, 2.75) is 25.2 Å². The molecule has 4 heteroatoms. The minimum Gasteiger partial charge on any atom is -0.451 e. The van der Waals surface area contributed by atoms with Crippen LogP contribution in [-0.2, 0) is 9.53 Å². The van der Waals surface area contributed by atoms with Gasteiger partial charge < -0.3 is 15.6 Å².